The second kappa shape index (κ2) is 8.31. The Balaban J connectivity index is 0.000000845. The van der Waals surface area contributed by atoms with E-state index in [1.807, 2.05) is 0 Å². The summed E-state index contributed by atoms with van der Waals surface area (Å²) in [6.07, 6.45) is 9.44. The molecule has 0 nitrogen and oxygen atoms in total. The van der Waals surface area contributed by atoms with E-state index in [0.717, 1.165) is 21.8 Å². The van der Waals surface area contributed by atoms with E-state index in [0.29, 0.717) is 0 Å². The third-order valence-corrected chi connectivity index (χ3v) is 6.80. The largest absolute Gasteiger partial charge is 1.00 e. The Morgan fingerprint density at radius 3 is 1.21 bits per heavy atom. The van der Waals surface area contributed by atoms with Gasteiger partial charge in [0, 0.05) is 21.8 Å². The molecule has 0 amide bonds. The molecule has 0 atom stereocenters. The van der Waals surface area contributed by atoms with Crippen LogP contribution in [0.15, 0.2) is 24.3 Å². The fraction of sp³-hybridized carbons (Fsp3) is 0.600. The molecule has 2 aliphatic heterocycles. The Morgan fingerprint density at radius 2 is 0.929 bits per heavy atom. The van der Waals surface area contributed by atoms with E-state index >= 15 is 0 Å². The van der Waals surface area contributed by atoms with E-state index in [1.54, 1.807) is 0 Å². The Morgan fingerprint density at radius 1 is 0.643 bits per heavy atom. The fourth-order valence-corrected chi connectivity index (χ4v) is 5.98. The molecule has 82 valence electrons. The van der Waals surface area contributed by atoms with E-state index in [2.05, 4.69) is 24.3 Å². The van der Waals surface area contributed by atoms with Crippen molar-refractivity contribution in [2.45, 2.75) is 0 Å². The minimum Gasteiger partial charge on any atom is -1.00 e. The van der Waals surface area contributed by atoms with Gasteiger partial charge in [-0.2, -0.15) is 0 Å². The van der Waals surface area contributed by atoms with Crippen molar-refractivity contribution in [2.24, 2.45) is 0 Å². The summed E-state index contributed by atoms with van der Waals surface area (Å²) >= 11 is 0. The molecule has 0 aromatic heterocycles. The lowest BCUT2D eigenvalue weighted by atomic mass is 10.6. The van der Waals surface area contributed by atoms with Gasteiger partial charge in [-0.3, -0.25) is 0 Å². The third-order valence-electron chi connectivity index (χ3n) is 2.32. The van der Waals surface area contributed by atoms with Crippen molar-refractivity contribution in [3.63, 3.8) is 0 Å². The van der Waals surface area contributed by atoms with Crippen LogP contribution < -0.4 is 34.0 Å². The van der Waals surface area contributed by atoms with Crippen LogP contribution in [0.4, 0.5) is 0 Å². The van der Waals surface area contributed by atoms with E-state index in [1.165, 1.54) is 34.5 Å². The van der Waals surface area contributed by atoms with Gasteiger partial charge >= 0.3 is 0 Å². The second-order valence-corrected chi connectivity index (χ2v) is 7.84. The maximum atomic E-state index is 2.36. The zero-order valence-electron chi connectivity index (χ0n) is 8.12. The van der Waals surface area contributed by atoms with Crippen molar-refractivity contribution >= 4 is 21.8 Å². The van der Waals surface area contributed by atoms with Crippen LogP contribution in [-0.4, -0.2) is 34.5 Å². The number of hydrogen-bond donors (Lipinski definition) is 0. The average molecular weight is 360 g/mol. The van der Waals surface area contributed by atoms with Gasteiger partial charge in [0.05, 0.1) is 0 Å². The molecule has 0 N–H and O–H groups in total. The fourth-order valence-electron chi connectivity index (χ4n) is 1.52. The van der Waals surface area contributed by atoms with Gasteiger partial charge in [-0.15, -0.1) is 0 Å². The number of rotatable bonds is 3. The first-order valence-corrected chi connectivity index (χ1v) is 8.00. The number of hydrogen-bond acceptors (Lipinski definition) is 0. The minimum absolute atomic E-state index is 0. The predicted molar refractivity (Wildman–Crippen MR) is 62.2 cm³/mol. The molecule has 2 aliphatic rings. The van der Waals surface area contributed by atoms with Gasteiger partial charge in [-0.05, 0) is 24.3 Å². The van der Waals surface area contributed by atoms with E-state index in [9.17, 15) is 0 Å². The molecular formula is C10H16Br2S2. The maximum absolute atomic E-state index is 2.36. The van der Waals surface area contributed by atoms with E-state index in [4.69, 9.17) is 0 Å². The molecule has 0 saturated heterocycles. The Labute approximate surface area is 114 Å². The van der Waals surface area contributed by atoms with Crippen molar-refractivity contribution in [3.8, 4) is 0 Å². The van der Waals surface area contributed by atoms with Crippen LogP contribution in [0.5, 0.6) is 0 Å². The SMILES string of the molecule is C1=CC[S+](CC[S+]2CC=CC2)C1.[Br-].[Br-]. The van der Waals surface area contributed by atoms with Crippen molar-refractivity contribution in [1.82, 2.24) is 0 Å². The Hall–Kier alpha value is 1.14. The zero-order valence-corrected chi connectivity index (χ0v) is 12.9. The minimum atomic E-state index is 0. The highest BCUT2D eigenvalue weighted by Gasteiger charge is 2.26. The van der Waals surface area contributed by atoms with Crippen LogP contribution in [0.3, 0.4) is 0 Å². The molecular weight excluding hydrogens is 344 g/mol. The maximum Gasteiger partial charge on any atom is 0.153 e. The average Bonchev–Trinajstić information content (AvgIpc) is 2.74. The van der Waals surface area contributed by atoms with Crippen LogP contribution >= 0.6 is 0 Å². The molecule has 0 spiro atoms. The van der Waals surface area contributed by atoms with Gasteiger partial charge in [-0.1, -0.05) is 0 Å². The van der Waals surface area contributed by atoms with Gasteiger partial charge in [-0.25, -0.2) is 0 Å². The molecule has 14 heavy (non-hydrogen) atoms. The lowest BCUT2D eigenvalue weighted by Crippen LogP contribution is -3.00. The summed E-state index contributed by atoms with van der Waals surface area (Å²) in [5, 5.41) is 0. The van der Waals surface area contributed by atoms with Crippen LogP contribution in [0.25, 0.3) is 0 Å². The molecule has 0 unspecified atom stereocenters. The monoisotopic (exact) mass is 358 g/mol. The molecule has 4 heteroatoms. The molecule has 0 aliphatic carbocycles. The van der Waals surface area contributed by atoms with Crippen LogP contribution in [-0.2, 0) is 21.8 Å². The molecule has 0 bridgehead atoms. The number of halogens is 2. The highest BCUT2D eigenvalue weighted by Crippen LogP contribution is 2.11. The lowest BCUT2D eigenvalue weighted by molar-refractivity contribution is -0.00100. The Bertz CT molecular complexity index is 166. The van der Waals surface area contributed by atoms with Gasteiger partial charge < -0.3 is 34.0 Å². The highest BCUT2D eigenvalue weighted by atomic mass is 79.9. The van der Waals surface area contributed by atoms with Crippen LogP contribution in [0, 0.1) is 0 Å². The summed E-state index contributed by atoms with van der Waals surface area (Å²) in [6.45, 7) is 0. The summed E-state index contributed by atoms with van der Waals surface area (Å²) in [7, 11) is 1.49. The van der Waals surface area contributed by atoms with Crippen LogP contribution in [0.2, 0.25) is 0 Å². The summed E-state index contributed by atoms with van der Waals surface area (Å²) in [5.74, 6) is 8.51. The topological polar surface area (TPSA) is 0 Å². The van der Waals surface area contributed by atoms with Gasteiger partial charge in [0.1, 0.15) is 23.0 Å². The first kappa shape index (κ1) is 15.1. The van der Waals surface area contributed by atoms with Crippen molar-refractivity contribution in [2.75, 3.05) is 34.5 Å². The molecule has 0 radical (unpaired) electrons. The smallest absolute Gasteiger partial charge is 0.153 e. The second-order valence-electron chi connectivity index (χ2n) is 3.24. The molecule has 0 saturated carbocycles. The van der Waals surface area contributed by atoms with Gasteiger partial charge in [0.25, 0.3) is 0 Å². The van der Waals surface area contributed by atoms with Gasteiger partial charge in [0.2, 0.25) is 0 Å². The summed E-state index contributed by atoms with van der Waals surface area (Å²) in [5.41, 5.74) is 0. The normalized spacial score (nSPS) is 20.9. The van der Waals surface area contributed by atoms with Crippen LogP contribution in [0.1, 0.15) is 0 Å². The summed E-state index contributed by atoms with van der Waals surface area (Å²) in [4.78, 5) is 0. The highest BCUT2D eigenvalue weighted by molar-refractivity contribution is 8.00. The zero-order chi connectivity index (χ0) is 8.23. The Kier molecular flexibility index (Phi) is 8.99. The molecule has 0 fully saturated rings. The van der Waals surface area contributed by atoms with Crippen molar-refractivity contribution < 1.29 is 34.0 Å². The third kappa shape index (κ3) is 4.77. The molecule has 0 aromatic carbocycles. The van der Waals surface area contributed by atoms with Gasteiger partial charge in [0.15, 0.2) is 11.5 Å². The van der Waals surface area contributed by atoms with Crippen molar-refractivity contribution in [3.05, 3.63) is 24.3 Å². The first-order valence-electron chi connectivity index (χ1n) is 4.53. The predicted octanol–water partition coefficient (Wildman–Crippen LogP) is -4.63. The molecule has 2 rings (SSSR count). The standard InChI is InChI=1S/C10H16S2.2BrH/c1-2-6-11(5-1)9-10-12-7-3-4-8-12;;/h1-4H,5-10H2;2*1H/q+2;;/p-2. The van der Waals surface area contributed by atoms with E-state index in [-0.39, 0.29) is 34.0 Å². The van der Waals surface area contributed by atoms with E-state index < -0.39 is 0 Å². The lowest BCUT2D eigenvalue weighted by Gasteiger charge is -2.00. The summed E-state index contributed by atoms with van der Waals surface area (Å²) < 4.78 is 0. The summed E-state index contributed by atoms with van der Waals surface area (Å²) in [6, 6.07) is 0. The quantitative estimate of drug-likeness (QED) is 0.351. The van der Waals surface area contributed by atoms with Crippen molar-refractivity contribution in [1.29, 1.82) is 0 Å². The molecule has 2 heterocycles. The first-order chi connectivity index (χ1) is 5.95. The molecule has 0 aromatic rings.